The molecule has 0 saturated carbocycles. The topological polar surface area (TPSA) is 90.4 Å². The van der Waals surface area contributed by atoms with Gasteiger partial charge in [-0.25, -0.2) is 4.79 Å². The van der Waals surface area contributed by atoms with Crippen LogP contribution in [0.1, 0.15) is 27.9 Å². The van der Waals surface area contributed by atoms with E-state index in [0.29, 0.717) is 11.5 Å². The lowest BCUT2D eigenvalue weighted by atomic mass is 10.2. The molecule has 0 saturated heterocycles. The molecule has 0 aliphatic carbocycles. The lowest BCUT2D eigenvalue weighted by Crippen LogP contribution is -2.20. The van der Waals surface area contributed by atoms with Crippen molar-refractivity contribution in [3.63, 3.8) is 0 Å². The molecule has 0 fully saturated rings. The maximum absolute atomic E-state index is 12.4. The summed E-state index contributed by atoms with van der Waals surface area (Å²) in [5, 5.41) is 2.19. The van der Waals surface area contributed by atoms with Gasteiger partial charge in [-0.2, -0.15) is 9.36 Å². The average molecular weight is 361 g/mol. The molecular weight excluding hydrogens is 351 g/mol. The largest absolute Gasteiger partial charge is 0.573 e. The second-order valence-electron chi connectivity index (χ2n) is 4.14. The van der Waals surface area contributed by atoms with Crippen molar-refractivity contribution in [2.24, 2.45) is 0 Å². The van der Waals surface area contributed by atoms with Gasteiger partial charge in [-0.1, -0.05) is 12.1 Å². The van der Waals surface area contributed by atoms with E-state index >= 15 is 0 Å². The minimum Gasteiger partial charge on any atom is -0.460 e. The maximum atomic E-state index is 12.4. The molecule has 7 nitrogen and oxygen atoms in total. The third-order valence-corrected chi connectivity index (χ3v) is 3.09. The Balaban J connectivity index is 2.15. The number of nitrogens with zero attached hydrogens (tertiary/aromatic N) is 2. The fourth-order valence-electron chi connectivity index (χ4n) is 1.59. The number of alkyl halides is 3. The van der Waals surface area contributed by atoms with E-state index in [-0.39, 0.29) is 23.1 Å². The van der Waals surface area contributed by atoms with Crippen molar-refractivity contribution in [1.82, 2.24) is 9.36 Å². The molecule has 0 aliphatic rings. The number of rotatable bonds is 5. The van der Waals surface area contributed by atoms with Crippen LogP contribution in [0.5, 0.6) is 5.75 Å². The zero-order valence-electron chi connectivity index (χ0n) is 12.1. The minimum atomic E-state index is -4.93. The summed E-state index contributed by atoms with van der Waals surface area (Å²) in [5.41, 5.74) is -0.345. The number of carbonyl (C=O) groups is 2. The molecule has 0 bridgehead atoms. The first-order valence-electron chi connectivity index (χ1n) is 6.47. The number of ether oxygens (including phenoxy) is 2. The predicted octanol–water partition coefficient (Wildman–Crippen LogP) is 2.87. The normalized spacial score (nSPS) is 11.0. The molecule has 1 amide bonds. The van der Waals surface area contributed by atoms with Crippen LogP contribution in [0.25, 0.3) is 0 Å². The third kappa shape index (κ3) is 4.65. The van der Waals surface area contributed by atoms with Crippen LogP contribution < -0.4 is 10.1 Å². The monoisotopic (exact) mass is 361 g/mol. The number of amides is 1. The molecule has 128 valence electrons. The second-order valence-corrected chi connectivity index (χ2v) is 4.89. The van der Waals surface area contributed by atoms with Crippen molar-refractivity contribution in [2.45, 2.75) is 13.3 Å². The minimum absolute atomic E-state index is 0.0649. The maximum Gasteiger partial charge on any atom is 0.573 e. The molecule has 0 radical (unpaired) electrons. The van der Waals surface area contributed by atoms with Crippen LogP contribution in [-0.4, -0.2) is 34.2 Å². The fraction of sp³-hybridized carbons (Fsp3) is 0.231. The first-order valence-corrected chi connectivity index (χ1v) is 7.24. The number of hydrogen-bond donors (Lipinski definition) is 1. The molecule has 0 atom stereocenters. The molecule has 1 aromatic heterocycles. The lowest BCUT2D eigenvalue weighted by molar-refractivity contribution is -0.274. The van der Waals surface area contributed by atoms with Crippen molar-refractivity contribution in [1.29, 1.82) is 0 Å². The lowest BCUT2D eigenvalue weighted by Gasteiger charge is -2.12. The van der Waals surface area contributed by atoms with Crippen LogP contribution in [0.2, 0.25) is 0 Å². The van der Waals surface area contributed by atoms with Crippen molar-refractivity contribution in [2.75, 3.05) is 11.9 Å². The van der Waals surface area contributed by atoms with E-state index in [4.69, 9.17) is 0 Å². The summed E-state index contributed by atoms with van der Waals surface area (Å²) < 4.78 is 49.2. The number of aromatic nitrogens is 2. The van der Waals surface area contributed by atoms with Gasteiger partial charge in [0.05, 0.1) is 12.2 Å². The molecular formula is C13H10F3N3O4S. The molecule has 11 heteroatoms. The molecule has 1 heterocycles. The molecule has 0 spiro atoms. The van der Waals surface area contributed by atoms with Gasteiger partial charge in [0.2, 0.25) is 5.13 Å². The van der Waals surface area contributed by atoms with E-state index in [1.165, 1.54) is 12.1 Å². The van der Waals surface area contributed by atoms with Crippen molar-refractivity contribution in [3.05, 3.63) is 35.7 Å². The summed E-state index contributed by atoms with van der Waals surface area (Å²) in [6, 6.07) is 4.83. The van der Waals surface area contributed by atoms with E-state index < -0.39 is 24.0 Å². The Bertz CT molecular complexity index is 748. The van der Waals surface area contributed by atoms with Crippen LogP contribution >= 0.6 is 11.5 Å². The average Bonchev–Trinajstić information content (AvgIpc) is 2.95. The highest BCUT2D eigenvalue weighted by Gasteiger charge is 2.33. The Labute approximate surface area is 137 Å². The molecule has 1 aromatic carbocycles. The van der Waals surface area contributed by atoms with Gasteiger partial charge in [-0.3, -0.25) is 10.1 Å². The van der Waals surface area contributed by atoms with Gasteiger partial charge in [-0.05, 0) is 19.1 Å². The van der Waals surface area contributed by atoms with E-state index in [0.717, 1.165) is 12.1 Å². The Hall–Kier alpha value is -2.69. The number of anilines is 1. The van der Waals surface area contributed by atoms with E-state index in [1.807, 2.05) is 0 Å². The Morgan fingerprint density at radius 3 is 2.67 bits per heavy atom. The van der Waals surface area contributed by atoms with E-state index in [2.05, 4.69) is 24.1 Å². The molecule has 0 unspecified atom stereocenters. The standard InChI is InChI=1S/C13H10F3N3O4S/c1-2-22-11(21)9-17-12(24-19-9)18-10(20)7-5-3-4-6-8(7)23-13(14,15)16/h3-6H,2H2,1H3,(H,17,18,19,20). The molecule has 0 aliphatic heterocycles. The zero-order chi connectivity index (χ0) is 17.7. The SMILES string of the molecule is CCOC(=O)c1nsc(NC(=O)c2ccccc2OC(F)(F)F)n1. The highest BCUT2D eigenvalue weighted by Crippen LogP contribution is 2.27. The second kappa shape index (κ2) is 7.25. The van der Waals surface area contributed by atoms with Crippen LogP contribution in [0.15, 0.2) is 24.3 Å². The Kier molecular flexibility index (Phi) is 5.34. The van der Waals surface area contributed by atoms with Crippen molar-refractivity contribution < 1.29 is 32.2 Å². The zero-order valence-corrected chi connectivity index (χ0v) is 12.9. The third-order valence-electron chi connectivity index (χ3n) is 2.46. The smallest absolute Gasteiger partial charge is 0.460 e. The van der Waals surface area contributed by atoms with Gasteiger partial charge >= 0.3 is 12.3 Å². The van der Waals surface area contributed by atoms with Crippen LogP contribution in [0, 0.1) is 0 Å². The van der Waals surface area contributed by atoms with Gasteiger partial charge in [0.15, 0.2) is 0 Å². The van der Waals surface area contributed by atoms with Gasteiger partial charge in [-0.15, -0.1) is 13.2 Å². The number of halogens is 3. The first-order chi connectivity index (χ1) is 11.3. The van der Waals surface area contributed by atoms with E-state index in [1.54, 1.807) is 6.92 Å². The molecule has 24 heavy (non-hydrogen) atoms. The fourth-order valence-corrected chi connectivity index (χ4v) is 2.14. The highest BCUT2D eigenvalue weighted by atomic mass is 32.1. The van der Waals surface area contributed by atoms with Gasteiger partial charge in [0, 0.05) is 11.5 Å². The molecule has 2 aromatic rings. The highest BCUT2D eigenvalue weighted by molar-refractivity contribution is 7.10. The number of para-hydroxylation sites is 1. The summed E-state index contributed by atoms with van der Waals surface area (Å²) in [5.74, 6) is -2.56. The summed E-state index contributed by atoms with van der Waals surface area (Å²) in [4.78, 5) is 27.3. The number of nitrogens with one attached hydrogen (secondary N) is 1. The van der Waals surface area contributed by atoms with Crippen molar-refractivity contribution >= 4 is 28.5 Å². The molecule has 1 N–H and O–H groups in total. The van der Waals surface area contributed by atoms with Gasteiger partial charge in [0.1, 0.15) is 5.75 Å². The van der Waals surface area contributed by atoms with Crippen LogP contribution in [0.3, 0.4) is 0 Å². The van der Waals surface area contributed by atoms with Crippen LogP contribution in [0.4, 0.5) is 18.3 Å². The Morgan fingerprint density at radius 2 is 2.00 bits per heavy atom. The summed E-state index contributed by atoms with van der Waals surface area (Å²) in [6.45, 7) is 1.73. The number of benzene rings is 1. The van der Waals surface area contributed by atoms with E-state index in [9.17, 15) is 22.8 Å². The van der Waals surface area contributed by atoms with Gasteiger partial charge in [0.25, 0.3) is 11.7 Å². The summed E-state index contributed by atoms with van der Waals surface area (Å²) in [7, 11) is 0. The first kappa shape index (κ1) is 17.7. The van der Waals surface area contributed by atoms with Gasteiger partial charge < -0.3 is 9.47 Å². The number of esters is 1. The van der Waals surface area contributed by atoms with Crippen molar-refractivity contribution in [3.8, 4) is 5.75 Å². The quantitative estimate of drug-likeness (QED) is 0.824. The number of hydrogen-bond acceptors (Lipinski definition) is 7. The molecule has 2 rings (SSSR count). The summed E-state index contributed by atoms with van der Waals surface area (Å²) in [6.07, 6.45) is -4.93. The predicted molar refractivity (Wildman–Crippen MR) is 76.9 cm³/mol. The number of carbonyl (C=O) groups excluding carboxylic acids is 2. The Morgan fingerprint density at radius 1 is 1.29 bits per heavy atom. The van der Waals surface area contributed by atoms with Crippen LogP contribution in [-0.2, 0) is 4.74 Å². The summed E-state index contributed by atoms with van der Waals surface area (Å²) >= 11 is 0.689.